The molecule has 121 heavy (non-hydrogen) atoms. The fourth-order valence-corrected chi connectivity index (χ4v) is 19.3. The monoisotopic (exact) mass is 1580 g/mol. The van der Waals surface area contributed by atoms with Gasteiger partial charge in [0.2, 0.25) is 0 Å². The molecule has 6 heterocycles. The Morgan fingerprint density at radius 1 is 0.256 bits per heavy atom. The Morgan fingerprint density at radius 3 is 1.12 bits per heavy atom. The van der Waals surface area contributed by atoms with E-state index in [2.05, 4.69) is 380 Å². The molecule has 0 saturated heterocycles. The second-order valence-electron chi connectivity index (χ2n) is 40.0. The van der Waals surface area contributed by atoms with Crippen LogP contribution in [-0.4, -0.2) is 20.4 Å². The molecule has 0 spiro atoms. The van der Waals surface area contributed by atoms with Crippen molar-refractivity contribution in [3.05, 3.63) is 337 Å². The molecule has 0 N–H and O–H groups in total. The fourth-order valence-electron chi connectivity index (χ4n) is 19.3. The van der Waals surface area contributed by atoms with Crippen molar-refractivity contribution in [3.8, 4) is 50.4 Å². The molecule has 21 rings (SSSR count). The maximum Gasteiger partial charge on any atom is 0.252 e. The number of anilines is 6. The van der Waals surface area contributed by atoms with Crippen LogP contribution in [0.15, 0.2) is 308 Å². The molecule has 4 aromatic heterocycles. The molecule has 7 heteroatoms. The van der Waals surface area contributed by atoms with E-state index in [1.165, 1.54) is 44.2 Å². The lowest BCUT2D eigenvalue weighted by Crippen LogP contribution is -2.61. The molecule has 0 unspecified atom stereocenters. The first-order valence-electron chi connectivity index (χ1n) is 46.7. The van der Waals surface area contributed by atoms with E-state index in [4.69, 9.17) is 7.16 Å². The van der Waals surface area contributed by atoms with Crippen molar-refractivity contribution in [1.82, 2.24) is 13.7 Å². The number of fused-ring (bicyclic) bond motifs is 16. The van der Waals surface area contributed by atoms with E-state index >= 15 is 0 Å². The first-order valence-corrected chi connectivity index (χ1v) is 42.7. The van der Waals surface area contributed by atoms with Crippen LogP contribution in [0.1, 0.15) is 169 Å². The summed E-state index contributed by atoms with van der Waals surface area (Å²) in [5.74, 6) is 0. The zero-order valence-electron chi connectivity index (χ0n) is 80.5. The molecule has 0 atom stereocenters. The van der Waals surface area contributed by atoms with E-state index < -0.39 is 55.1 Å². The number of hydrogen-bond acceptors (Lipinski definition) is 3. The number of para-hydroxylation sites is 4. The maximum absolute atomic E-state index is 9.76. The van der Waals surface area contributed by atoms with Crippen molar-refractivity contribution in [3.63, 3.8) is 0 Å². The minimum Gasteiger partial charge on any atom is -0.452 e. The van der Waals surface area contributed by atoms with Gasteiger partial charge in [0.05, 0.1) is 66.8 Å². The Morgan fingerprint density at radius 2 is 0.645 bits per heavy atom. The highest BCUT2D eigenvalue weighted by atomic mass is 16.3. The van der Waals surface area contributed by atoms with Crippen LogP contribution in [0.25, 0.3) is 138 Å². The van der Waals surface area contributed by atoms with Crippen LogP contribution < -0.4 is 26.2 Å². The molecule has 0 fully saturated rings. The summed E-state index contributed by atoms with van der Waals surface area (Å²) >= 11 is 0. The molecule has 2 aliphatic rings. The molecule has 594 valence electrons. The molecule has 19 aromatic rings. The Balaban J connectivity index is 0.955. The summed E-state index contributed by atoms with van der Waals surface area (Å²) in [6, 6.07) is 92.0. The molecular weight excluding hydrogens is 1470 g/mol. The summed E-state index contributed by atoms with van der Waals surface area (Å²) in [5, 5.41) is 6.08. The quantitative estimate of drug-likeness (QED) is 0.142. The van der Waals surface area contributed by atoms with Crippen molar-refractivity contribution < 1.29 is 15.4 Å². The molecule has 0 aliphatic carbocycles. The van der Waals surface area contributed by atoms with Gasteiger partial charge in [0.15, 0.2) is 11.2 Å². The molecule has 0 bridgehead atoms. The van der Waals surface area contributed by atoms with Gasteiger partial charge in [0.1, 0.15) is 0 Å². The molecule has 2 aliphatic heterocycles. The predicted octanol–water partition coefficient (Wildman–Crippen LogP) is 29.7. The van der Waals surface area contributed by atoms with E-state index in [-0.39, 0.29) is 54.3 Å². The van der Waals surface area contributed by atoms with Gasteiger partial charge in [0, 0.05) is 82.7 Å². The number of benzene rings is 15. The van der Waals surface area contributed by atoms with Crippen LogP contribution in [0.2, 0.25) is 0 Å². The molecule has 6 nitrogen and oxygen atoms in total. The van der Waals surface area contributed by atoms with Crippen molar-refractivity contribution in [2.45, 2.75) is 157 Å². The smallest absolute Gasteiger partial charge is 0.252 e. The Labute approximate surface area is 723 Å². The maximum atomic E-state index is 9.76. The number of furan rings is 1. The lowest BCUT2D eigenvalue weighted by Gasteiger charge is -2.45. The third-order valence-electron chi connectivity index (χ3n) is 26.0. The van der Waals surface area contributed by atoms with E-state index in [0.717, 1.165) is 128 Å². The van der Waals surface area contributed by atoms with Gasteiger partial charge < -0.3 is 27.9 Å². The van der Waals surface area contributed by atoms with Crippen molar-refractivity contribution in [1.29, 1.82) is 0 Å². The van der Waals surface area contributed by atoms with Crippen LogP contribution >= 0.6 is 0 Å². The van der Waals surface area contributed by atoms with E-state index in [1.54, 1.807) is 4.57 Å². The highest BCUT2D eigenvalue weighted by Crippen LogP contribution is 2.55. The Kier molecular flexibility index (Phi) is 14.9. The average Bonchev–Trinajstić information content (AvgIpc) is 1.57. The molecule has 0 saturated carbocycles. The minimum absolute atomic E-state index is 0.00304. The zero-order valence-corrected chi connectivity index (χ0v) is 72.5. The van der Waals surface area contributed by atoms with Gasteiger partial charge in [-0.3, -0.25) is 0 Å². The predicted molar refractivity (Wildman–Crippen MR) is 519 cm³/mol. The van der Waals surface area contributed by atoms with Gasteiger partial charge in [-0.15, -0.1) is 0 Å². The topological polar surface area (TPSA) is 34.4 Å². The van der Waals surface area contributed by atoms with Gasteiger partial charge in [-0.05, 0) is 220 Å². The van der Waals surface area contributed by atoms with Crippen LogP contribution in [0.3, 0.4) is 0 Å². The van der Waals surface area contributed by atoms with Crippen LogP contribution in [-0.2, 0) is 32.5 Å². The number of aromatic nitrogens is 3. The Bertz CT molecular complexity index is 7760. The largest absolute Gasteiger partial charge is 0.452 e. The van der Waals surface area contributed by atoms with Crippen molar-refractivity contribution in [2.24, 2.45) is 0 Å². The van der Waals surface area contributed by atoms with Gasteiger partial charge in [-0.1, -0.05) is 313 Å². The Hall–Kier alpha value is -12.8. The molecule has 0 amide bonds. The second kappa shape index (κ2) is 26.8. The van der Waals surface area contributed by atoms with Gasteiger partial charge in [0.25, 0.3) is 6.71 Å². The summed E-state index contributed by atoms with van der Waals surface area (Å²) in [6.07, 6.45) is 0. The SMILES string of the molecule is [2H]c1c([2H])c([2H])c2c(c1[2H])c1c([2H])c([2H])c([2H])c([2H])c1n2-c1cccc2c1oc1c(N3c4cc(-c5cccc(C(C)(C)C)c5)ccc4B4c5ccc(-n6c7ccc(C(C)(C)C)cc7c7cc(C(C)(C)C)ccc76)cc5N(c5c(-c6ccccc6)cc(C(C)(C)C)cc5-c5ccccc5)c5cc(-n6c7ccc(C(C)(C)C)cc7c7cc(C(C)(C)C)ccc76)cc3c54)cccc12. The van der Waals surface area contributed by atoms with E-state index in [9.17, 15) is 8.22 Å². The summed E-state index contributed by atoms with van der Waals surface area (Å²) < 4.78 is 89.5. The first kappa shape index (κ1) is 67.0. The highest BCUT2D eigenvalue weighted by Gasteiger charge is 2.46. The van der Waals surface area contributed by atoms with Crippen molar-refractivity contribution in [2.75, 3.05) is 9.80 Å². The molecular formula is C114H104BN5O. The summed E-state index contributed by atoms with van der Waals surface area (Å²) in [5.41, 5.74) is 28.7. The number of rotatable bonds is 8. The van der Waals surface area contributed by atoms with Gasteiger partial charge in [-0.2, -0.15) is 0 Å². The third-order valence-corrected chi connectivity index (χ3v) is 26.0. The first-order chi connectivity index (χ1) is 61.1. The van der Waals surface area contributed by atoms with Crippen LogP contribution in [0, 0.1) is 0 Å². The van der Waals surface area contributed by atoms with Gasteiger partial charge >= 0.3 is 0 Å². The van der Waals surface area contributed by atoms with Crippen molar-refractivity contribution >= 4 is 145 Å². The van der Waals surface area contributed by atoms with E-state index in [1.807, 2.05) is 18.2 Å². The summed E-state index contributed by atoms with van der Waals surface area (Å²) in [7, 11) is 0. The average molecular weight is 1580 g/mol. The number of hydrogen-bond donors (Lipinski definition) is 0. The normalized spacial score (nSPS) is 14.4. The summed E-state index contributed by atoms with van der Waals surface area (Å²) in [6.45, 7) is 40.9. The summed E-state index contributed by atoms with van der Waals surface area (Å²) in [4.78, 5) is 5.11. The highest BCUT2D eigenvalue weighted by molar-refractivity contribution is 7.00. The molecule has 0 radical (unpaired) electrons. The fraction of sp³-hybridized carbons (Fsp3) is 0.211. The second-order valence-corrected chi connectivity index (χ2v) is 40.0. The third kappa shape index (κ3) is 12.1. The molecule has 15 aromatic carbocycles. The standard InChI is InChI=1S/C114H104BN5O/c1-109(2,3)73-37-29-36-71(58-73)72-46-52-91-101(59-72)119(100-45-31-41-84-83-40-30-44-99(107(83)121-108(84)100)118-93-42-27-25-38-81(93)82-39-26-28-43-94(82)118)103-67-80(117-97-56-49-76(112(10,11)12)62-89(97)90-63-77(113(13,14)15)50-57-98(90)117)68-104-105(103)115(91)92-53-51-79(116-95-54-47-74(110(4,5)6)60-87(95)88-61-75(111(7,8)9)48-55-96(88)116)66-102(92)120(104)106-85(69-32-21-19-22-33-69)64-78(114(16,17)18)65-86(106)70-34-23-20-24-35-70/h19-68H,1-18H3/i25D,26D,27D,28D,38D,39D,42D,43D. The van der Waals surface area contributed by atoms with Crippen LogP contribution in [0.5, 0.6) is 0 Å². The lowest BCUT2D eigenvalue weighted by molar-refractivity contribution is 0.590. The number of nitrogens with zero attached hydrogens (tertiary/aromatic N) is 5. The zero-order chi connectivity index (χ0) is 90.6. The van der Waals surface area contributed by atoms with Crippen LogP contribution in [0.4, 0.5) is 34.1 Å². The minimum atomic E-state index is -0.514. The van der Waals surface area contributed by atoms with E-state index in [0.29, 0.717) is 27.9 Å². The van der Waals surface area contributed by atoms with Gasteiger partial charge in [-0.25, -0.2) is 0 Å². The lowest BCUT2D eigenvalue weighted by atomic mass is 9.33.